The minimum atomic E-state index is -0.0955. The lowest BCUT2D eigenvalue weighted by atomic mass is 10.1. The van der Waals surface area contributed by atoms with Gasteiger partial charge in [0.25, 0.3) is 0 Å². The van der Waals surface area contributed by atoms with E-state index in [0.29, 0.717) is 28.8 Å². The Morgan fingerprint density at radius 2 is 2.08 bits per heavy atom. The van der Waals surface area contributed by atoms with Crippen LogP contribution < -0.4 is 4.74 Å². The molecule has 0 aliphatic heterocycles. The molecule has 0 amide bonds. The monoisotopic (exact) mass is 341 g/mol. The fraction of sp³-hybridized carbons (Fsp3) is 0.167. The van der Waals surface area contributed by atoms with Crippen LogP contribution in [0, 0.1) is 0 Å². The zero-order valence-corrected chi connectivity index (χ0v) is 13.9. The molecule has 0 spiro atoms. The average molecular weight is 342 g/mol. The maximum absolute atomic E-state index is 12.3. The van der Waals surface area contributed by atoms with Gasteiger partial charge in [-0.25, -0.2) is 9.97 Å². The number of carbonyl (C=O) groups excluding carboxylic acids is 1. The summed E-state index contributed by atoms with van der Waals surface area (Å²) < 4.78 is 6.97. The fourth-order valence-corrected chi connectivity index (χ4v) is 2.58. The van der Waals surface area contributed by atoms with Gasteiger partial charge >= 0.3 is 0 Å². The van der Waals surface area contributed by atoms with Crippen molar-refractivity contribution in [1.82, 2.24) is 14.5 Å². The molecule has 0 fully saturated rings. The number of Topliss-reactive ketones (excluding diaryl/α,β-unsaturated/α-hetero) is 1. The van der Waals surface area contributed by atoms with E-state index in [1.54, 1.807) is 24.5 Å². The Labute approximate surface area is 144 Å². The molecule has 0 radical (unpaired) electrons. The van der Waals surface area contributed by atoms with Crippen molar-refractivity contribution >= 4 is 17.4 Å². The molecule has 0 bridgehead atoms. The summed E-state index contributed by atoms with van der Waals surface area (Å²) in [7, 11) is 1.52. The number of nitrogens with zero attached hydrogens (tertiary/aromatic N) is 3. The smallest absolute Gasteiger partial charge is 0.213 e. The third-order valence-electron chi connectivity index (χ3n) is 3.50. The summed E-state index contributed by atoms with van der Waals surface area (Å²) in [5.41, 5.74) is 2.15. The highest BCUT2D eigenvalue weighted by Gasteiger charge is 2.11. The Balaban J connectivity index is 1.68. The Bertz CT molecular complexity index is 861. The Kier molecular flexibility index (Phi) is 4.91. The molecule has 6 heteroatoms. The molecule has 2 heterocycles. The number of hydrogen-bond donors (Lipinski definition) is 0. The molecule has 24 heavy (non-hydrogen) atoms. The maximum atomic E-state index is 12.3. The number of imidazole rings is 1. The Morgan fingerprint density at radius 3 is 2.88 bits per heavy atom. The molecular formula is C18H16ClN3O2. The summed E-state index contributed by atoms with van der Waals surface area (Å²) in [4.78, 5) is 20.8. The third-order valence-corrected chi connectivity index (χ3v) is 3.74. The SMILES string of the molecule is COc1cccc(C(=O)Cc2cn(Cc3cccc(Cl)c3)cn2)n1. The summed E-state index contributed by atoms with van der Waals surface area (Å²) >= 11 is 5.99. The van der Waals surface area contributed by atoms with Gasteiger partial charge in [-0.15, -0.1) is 0 Å². The van der Waals surface area contributed by atoms with Gasteiger partial charge in [-0.3, -0.25) is 4.79 Å². The summed E-state index contributed by atoms with van der Waals surface area (Å²) in [6.07, 6.45) is 3.77. The van der Waals surface area contributed by atoms with E-state index in [1.165, 1.54) is 7.11 Å². The molecule has 0 atom stereocenters. The van der Waals surface area contributed by atoms with Gasteiger partial charge in [0.2, 0.25) is 5.88 Å². The zero-order valence-electron chi connectivity index (χ0n) is 13.1. The number of ether oxygens (including phenoxy) is 1. The molecule has 0 saturated heterocycles. The van der Waals surface area contributed by atoms with Gasteiger partial charge in [-0.2, -0.15) is 0 Å². The number of methoxy groups -OCH3 is 1. The van der Waals surface area contributed by atoms with Gasteiger partial charge < -0.3 is 9.30 Å². The highest BCUT2D eigenvalue weighted by molar-refractivity contribution is 6.30. The van der Waals surface area contributed by atoms with Crippen molar-refractivity contribution in [1.29, 1.82) is 0 Å². The molecule has 1 aromatic carbocycles. The first-order valence-corrected chi connectivity index (χ1v) is 7.81. The van der Waals surface area contributed by atoms with Crippen molar-refractivity contribution in [2.45, 2.75) is 13.0 Å². The van der Waals surface area contributed by atoms with Crippen molar-refractivity contribution in [2.75, 3.05) is 7.11 Å². The van der Waals surface area contributed by atoms with Gasteiger partial charge in [-0.05, 0) is 23.8 Å². The van der Waals surface area contributed by atoms with Crippen LogP contribution in [0.3, 0.4) is 0 Å². The number of hydrogen-bond acceptors (Lipinski definition) is 4. The number of benzene rings is 1. The van der Waals surface area contributed by atoms with E-state index in [4.69, 9.17) is 16.3 Å². The Morgan fingerprint density at radius 1 is 1.25 bits per heavy atom. The van der Waals surface area contributed by atoms with Crippen molar-refractivity contribution in [3.8, 4) is 5.88 Å². The number of carbonyl (C=O) groups is 1. The summed E-state index contributed by atoms with van der Waals surface area (Å²) in [6, 6.07) is 12.8. The lowest BCUT2D eigenvalue weighted by Crippen LogP contribution is -2.07. The Hall–Kier alpha value is -2.66. The average Bonchev–Trinajstić information content (AvgIpc) is 3.01. The third kappa shape index (κ3) is 4.00. The number of rotatable bonds is 6. The number of pyridine rings is 1. The van der Waals surface area contributed by atoms with Crippen LogP contribution in [-0.2, 0) is 13.0 Å². The van der Waals surface area contributed by atoms with E-state index in [9.17, 15) is 4.79 Å². The van der Waals surface area contributed by atoms with E-state index in [-0.39, 0.29) is 12.2 Å². The van der Waals surface area contributed by atoms with Gasteiger partial charge in [0.05, 0.1) is 25.6 Å². The topological polar surface area (TPSA) is 57.0 Å². The second-order valence-electron chi connectivity index (χ2n) is 5.33. The first-order valence-electron chi connectivity index (χ1n) is 7.43. The van der Waals surface area contributed by atoms with Crippen molar-refractivity contribution < 1.29 is 9.53 Å². The first-order chi connectivity index (χ1) is 11.6. The van der Waals surface area contributed by atoms with E-state index in [2.05, 4.69) is 9.97 Å². The fourth-order valence-electron chi connectivity index (χ4n) is 2.37. The second-order valence-corrected chi connectivity index (χ2v) is 5.77. The molecule has 3 rings (SSSR count). The van der Waals surface area contributed by atoms with Crippen LogP contribution in [0.4, 0.5) is 0 Å². The van der Waals surface area contributed by atoms with Gasteiger partial charge in [-0.1, -0.05) is 29.8 Å². The molecule has 0 aliphatic carbocycles. The molecule has 3 aromatic rings. The van der Waals surface area contributed by atoms with Crippen molar-refractivity contribution in [3.63, 3.8) is 0 Å². The van der Waals surface area contributed by atoms with Crippen LogP contribution in [0.2, 0.25) is 5.02 Å². The predicted molar refractivity (Wildman–Crippen MR) is 91.6 cm³/mol. The van der Waals surface area contributed by atoms with E-state index < -0.39 is 0 Å². The van der Waals surface area contributed by atoms with Crippen LogP contribution in [0.25, 0.3) is 0 Å². The van der Waals surface area contributed by atoms with Crippen LogP contribution in [0.1, 0.15) is 21.7 Å². The minimum Gasteiger partial charge on any atom is -0.481 e. The molecule has 0 unspecified atom stereocenters. The zero-order chi connectivity index (χ0) is 16.9. The van der Waals surface area contributed by atoms with E-state index in [0.717, 1.165) is 5.56 Å². The van der Waals surface area contributed by atoms with Gasteiger partial charge in [0.1, 0.15) is 5.69 Å². The van der Waals surface area contributed by atoms with Crippen LogP contribution >= 0.6 is 11.6 Å². The lowest BCUT2D eigenvalue weighted by molar-refractivity contribution is 0.0986. The first kappa shape index (κ1) is 16.2. The number of aromatic nitrogens is 3. The maximum Gasteiger partial charge on any atom is 0.213 e. The molecular weight excluding hydrogens is 326 g/mol. The molecule has 0 saturated carbocycles. The van der Waals surface area contributed by atoms with Gasteiger partial charge in [0, 0.05) is 23.8 Å². The highest BCUT2D eigenvalue weighted by atomic mass is 35.5. The van der Waals surface area contributed by atoms with Gasteiger partial charge in [0.15, 0.2) is 5.78 Å². The summed E-state index contributed by atoms with van der Waals surface area (Å²) in [5.74, 6) is 0.328. The normalized spacial score (nSPS) is 10.6. The summed E-state index contributed by atoms with van der Waals surface area (Å²) in [6.45, 7) is 0.652. The van der Waals surface area contributed by atoms with E-state index >= 15 is 0 Å². The van der Waals surface area contributed by atoms with Crippen molar-refractivity contribution in [3.05, 3.63) is 77.0 Å². The van der Waals surface area contributed by atoms with Crippen LogP contribution in [-0.4, -0.2) is 27.4 Å². The molecule has 0 aliphatic rings. The van der Waals surface area contributed by atoms with E-state index in [1.807, 2.05) is 35.0 Å². The number of halogens is 1. The molecule has 122 valence electrons. The second kappa shape index (κ2) is 7.27. The van der Waals surface area contributed by atoms with Crippen molar-refractivity contribution in [2.24, 2.45) is 0 Å². The van der Waals surface area contributed by atoms with Crippen LogP contribution in [0.5, 0.6) is 5.88 Å². The standard InChI is InChI=1S/C18H16ClN3O2/c1-24-18-7-3-6-16(21-18)17(23)9-15-11-22(12-20-15)10-13-4-2-5-14(19)8-13/h2-8,11-12H,9-10H2,1H3. The van der Waals surface area contributed by atoms with Crippen LogP contribution in [0.15, 0.2) is 55.0 Å². The quantitative estimate of drug-likeness (QED) is 0.645. The highest BCUT2D eigenvalue weighted by Crippen LogP contribution is 2.13. The molecule has 5 nitrogen and oxygen atoms in total. The summed E-state index contributed by atoms with van der Waals surface area (Å²) in [5, 5.41) is 0.701. The molecule has 0 N–H and O–H groups in total. The number of ketones is 1. The molecule has 2 aromatic heterocycles. The predicted octanol–water partition coefficient (Wildman–Crippen LogP) is 3.41. The largest absolute Gasteiger partial charge is 0.481 e. The minimum absolute atomic E-state index is 0.0955. The lowest BCUT2D eigenvalue weighted by Gasteiger charge is -2.03.